The first-order valence-electron chi connectivity index (χ1n) is 7.93. The van der Waals surface area contributed by atoms with Gasteiger partial charge in [-0.15, -0.1) is 35.3 Å². The number of nitrogens with zero attached hydrogens (tertiary/aromatic N) is 1. The van der Waals surface area contributed by atoms with Crippen LogP contribution in [0.3, 0.4) is 0 Å². The fourth-order valence-corrected chi connectivity index (χ4v) is 2.81. The standard InChI is InChI=1S/C18H25N3OS.HI/c1-15(16-8-4-3-5-9-16)22-12-7-11-20-18(19-2)21-14-17-10-6-13-23-17;/h3-6,8-10,13,15H,7,11-12,14H2,1-2H3,(H2,19,20,21);1H. The van der Waals surface area contributed by atoms with E-state index in [1.54, 1.807) is 18.4 Å². The Morgan fingerprint density at radius 1 is 1.17 bits per heavy atom. The summed E-state index contributed by atoms with van der Waals surface area (Å²) in [5, 5.41) is 8.70. The van der Waals surface area contributed by atoms with Gasteiger partial charge in [0, 0.05) is 25.1 Å². The van der Waals surface area contributed by atoms with E-state index in [4.69, 9.17) is 4.74 Å². The summed E-state index contributed by atoms with van der Waals surface area (Å²) in [4.78, 5) is 5.53. The monoisotopic (exact) mass is 459 g/mol. The van der Waals surface area contributed by atoms with E-state index in [2.05, 4.69) is 52.2 Å². The molecule has 132 valence electrons. The Morgan fingerprint density at radius 2 is 1.96 bits per heavy atom. The van der Waals surface area contributed by atoms with Crippen molar-refractivity contribution in [3.05, 3.63) is 58.3 Å². The first kappa shape index (κ1) is 20.9. The third-order valence-corrected chi connectivity index (χ3v) is 4.36. The Balaban J connectivity index is 0.00000288. The zero-order valence-corrected chi connectivity index (χ0v) is 17.3. The zero-order chi connectivity index (χ0) is 16.3. The molecule has 0 spiro atoms. The number of hydrogen-bond donors (Lipinski definition) is 2. The smallest absolute Gasteiger partial charge is 0.191 e. The van der Waals surface area contributed by atoms with Crippen LogP contribution in [0.1, 0.15) is 29.9 Å². The van der Waals surface area contributed by atoms with Gasteiger partial charge in [0.15, 0.2) is 5.96 Å². The van der Waals surface area contributed by atoms with Crippen molar-refractivity contribution < 1.29 is 4.74 Å². The molecule has 1 heterocycles. The molecule has 0 amide bonds. The second kappa shape index (κ2) is 12.3. The minimum atomic E-state index is 0. The number of rotatable bonds is 8. The summed E-state index contributed by atoms with van der Waals surface area (Å²) in [6, 6.07) is 14.5. The van der Waals surface area contributed by atoms with E-state index in [9.17, 15) is 0 Å². The topological polar surface area (TPSA) is 45.7 Å². The van der Waals surface area contributed by atoms with Gasteiger partial charge in [-0.25, -0.2) is 0 Å². The largest absolute Gasteiger partial charge is 0.374 e. The highest BCUT2D eigenvalue weighted by Crippen LogP contribution is 2.15. The number of guanidine groups is 1. The molecule has 0 radical (unpaired) electrons. The Morgan fingerprint density at radius 3 is 2.62 bits per heavy atom. The lowest BCUT2D eigenvalue weighted by atomic mass is 10.1. The minimum absolute atomic E-state index is 0. The van der Waals surface area contributed by atoms with Crippen LogP contribution in [-0.2, 0) is 11.3 Å². The van der Waals surface area contributed by atoms with Gasteiger partial charge in [-0.3, -0.25) is 4.99 Å². The van der Waals surface area contributed by atoms with Crippen LogP contribution in [-0.4, -0.2) is 26.2 Å². The van der Waals surface area contributed by atoms with E-state index in [1.165, 1.54) is 10.4 Å². The maximum atomic E-state index is 5.86. The second-order valence-electron chi connectivity index (χ2n) is 5.21. The molecule has 0 bridgehead atoms. The fourth-order valence-electron chi connectivity index (χ4n) is 2.16. The molecule has 0 aliphatic carbocycles. The van der Waals surface area contributed by atoms with Gasteiger partial charge in [-0.2, -0.15) is 0 Å². The predicted molar refractivity (Wildman–Crippen MR) is 113 cm³/mol. The Kier molecular flexibility index (Phi) is 10.7. The number of benzene rings is 1. The molecule has 0 saturated heterocycles. The van der Waals surface area contributed by atoms with E-state index in [0.29, 0.717) is 0 Å². The van der Waals surface area contributed by atoms with Crippen molar-refractivity contribution in [3.63, 3.8) is 0 Å². The predicted octanol–water partition coefficient (Wildman–Crippen LogP) is 4.20. The summed E-state index contributed by atoms with van der Waals surface area (Å²) in [6.07, 6.45) is 1.07. The Bertz CT molecular complexity index is 575. The minimum Gasteiger partial charge on any atom is -0.374 e. The third kappa shape index (κ3) is 7.63. The molecule has 1 atom stereocenters. The number of halogens is 1. The molecule has 1 unspecified atom stereocenters. The summed E-state index contributed by atoms with van der Waals surface area (Å²) in [5.41, 5.74) is 1.22. The number of aliphatic imine (C=N–C) groups is 1. The van der Waals surface area contributed by atoms with Crippen molar-refractivity contribution in [2.24, 2.45) is 4.99 Å². The molecule has 0 aliphatic heterocycles. The van der Waals surface area contributed by atoms with Crippen LogP contribution >= 0.6 is 35.3 Å². The molecule has 2 rings (SSSR count). The van der Waals surface area contributed by atoms with Gasteiger partial charge in [0.1, 0.15) is 0 Å². The molecule has 24 heavy (non-hydrogen) atoms. The third-order valence-electron chi connectivity index (χ3n) is 3.48. The van der Waals surface area contributed by atoms with Crippen molar-refractivity contribution in [2.75, 3.05) is 20.2 Å². The summed E-state index contributed by atoms with van der Waals surface area (Å²) in [6.45, 7) is 4.46. The molecule has 0 fully saturated rings. The van der Waals surface area contributed by atoms with E-state index in [-0.39, 0.29) is 30.1 Å². The number of thiophene rings is 1. The fraction of sp³-hybridized carbons (Fsp3) is 0.389. The van der Waals surface area contributed by atoms with Crippen LogP contribution < -0.4 is 10.6 Å². The summed E-state index contributed by atoms with van der Waals surface area (Å²) < 4.78 is 5.86. The zero-order valence-electron chi connectivity index (χ0n) is 14.2. The first-order chi connectivity index (χ1) is 11.3. The lowest BCUT2D eigenvalue weighted by Crippen LogP contribution is -2.37. The van der Waals surface area contributed by atoms with Gasteiger partial charge < -0.3 is 15.4 Å². The van der Waals surface area contributed by atoms with E-state index < -0.39 is 0 Å². The molecule has 2 N–H and O–H groups in total. The molecule has 1 aromatic carbocycles. The summed E-state index contributed by atoms with van der Waals surface area (Å²) in [7, 11) is 1.79. The normalized spacial score (nSPS) is 12.3. The average Bonchev–Trinajstić information content (AvgIpc) is 3.11. The van der Waals surface area contributed by atoms with Gasteiger partial charge >= 0.3 is 0 Å². The SMILES string of the molecule is CN=C(NCCCOC(C)c1ccccc1)NCc1cccs1.I. The van der Waals surface area contributed by atoms with Crippen LogP contribution in [0.2, 0.25) is 0 Å². The van der Waals surface area contributed by atoms with Crippen molar-refractivity contribution in [3.8, 4) is 0 Å². The van der Waals surface area contributed by atoms with Crippen molar-refractivity contribution in [2.45, 2.75) is 26.0 Å². The van der Waals surface area contributed by atoms with E-state index in [1.807, 2.05) is 18.2 Å². The highest BCUT2D eigenvalue weighted by atomic mass is 127. The van der Waals surface area contributed by atoms with Crippen LogP contribution in [0.15, 0.2) is 52.8 Å². The molecule has 0 saturated carbocycles. The van der Waals surface area contributed by atoms with Crippen molar-refractivity contribution >= 4 is 41.3 Å². The summed E-state index contributed by atoms with van der Waals surface area (Å²) >= 11 is 1.74. The maximum Gasteiger partial charge on any atom is 0.191 e. The lowest BCUT2D eigenvalue weighted by Gasteiger charge is -2.14. The first-order valence-corrected chi connectivity index (χ1v) is 8.81. The van der Waals surface area contributed by atoms with E-state index >= 15 is 0 Å². The highest BCUT2D eigenvalue weighted by molar-refractivity contribution is 14.0. The number of nitrogens with one attached hydrogen (secondary N) is 2. The Labute approximate surface area is 165 Å². The highest BCUT2D eigenvalue weighted by Gasteiger charge is 2.04. The van der Waals surface area contributed by atoms with Crippen LogP contribution in [0.5, 0.6) is 0 Å². The van der Waals surface area contributed by atoms with Gasteiger partial charge in [0.05, 0.1) is 12.6 Å². The quantitative estimate of drug-likeness (QED) is 0.269. The van der Waals surface area contributed by atoms with Crippen LogP contribution in [0, 0.1) is 0 Å². The average molecular weight is 459 g/mol. The molecule has 0 aliphatic rings. The van der Waals surface area contributed by atoms with Crippen molar-refractivity contribution in [1.82, 2.24) is 10.6 Å². The molecule has 6 heteroatoms. The van der Waals surface area contributed by atoms with Crippen LogP contribution in [0.4, 0.5) is 0 Å². The second-order valence-corrected chi connectivity index (χ2v) is 6.24. The lowest BCUT2D eigenvalue weighted by molar-refractivity contribution is 0.0646. The number of ether oxygens (including phenoxy) is 1. The van der Waals surface area contributed by atoms with E-state index in [0.717, 1.165) is 32.1 Å². The molecule has 4 nitrogen and oxygen atoms in total. The Hall–Kier alpha value is -1.12. The summed E-state index contributed by atoms with van der Waals surface area (Å²) in [5.74, 6) is 0.828. The van der Waals surface area contributed by atoms with Gasteiger partial charge in [0.25, 0.3) is 0 Å². The molecular weight excluding hydrogens is 433 g/mol. The number of hydrogen-bond acceptors (Lipinski definition) is 3. The molecular formula is C18H26IN3OS. The molecule has 2 aromatic rings. The van der Waals surface area contributed by atoms with Gasteiger partial charge in [-0.1, -0.05) is 36.4 Å². The van der Waals surface area contributed by atoms with Gasteiger partial charge in [-0.05, 0) is 30.4 Å². The maximum absolute atomic E-state index is 5.86. The van der Waals surface area contributed by atoms with Crippen LogP contribution in [0.25, 0.3) is 0 Å². The van der Waals surface area contributed by atoms with Gasteiger partial charge in [0.2, 0.25) is 0 Å². The molecule has 1 aromatic heterocycles. The van der Waals surface area contributed by atoms with Crippen molar-refractivity contribution in [1.29, 1.82) is 0 Å².